The molecule has 1 heterocycles. The zero-order valence-corrected chi connectivity index (χ0v) is 12.7. The number of benzene rings is 2. The highest BCUT2D eigenvalue weighted by atomic mass is 19.1. The lowest BCUT2D eigenvalue weighted by Gasteiger charge is -2.06. The number of fused-ring (bicyclic) bond motifs is 1. The van der Waals surface area contributed by atoms with E-state index in [9.17, 15) is 9.18 Å². The highest BCUT2D eigenvalue weighted by Gasteiger charge is 2.05. The Balaban J connectivity index is 1.46. The molecule has 5 heteroatoms. The average Bonchev–Trinajstić information content (AvgIpc) is 2.96. The summed E-state index contributed by atoms with van der Waals surface area (Å²) in [4.78, 5) is 11.9. The summed E-state index contributed by atoms with van der Waals surface area (Å²) in [5.74, 6) is -0.277. The van der Waals surface area contributed by atoms with Gasteiger partial charge in [-0.15, -0.1) is 0 Å². The van der Waals surface area contributed by atoms with Crippen molar-refractivity contribution in [2.45, 2.75) is 19.4 Å². The second kappa shape index (κ2) is 7.05. The molecule has 0 aliphatic carbocycles. The molecule has 0 saturated heterocycles. The minimum atomic E-state index is -0.251. The van der Waals surface area contributed by atoms with Gasteiger partial charge in [0.05, 0.1) is 18.3 Å². The summed E-state index contributed by atoms with van der Waals surface area (Å²) < 4.78 is 14.9. The first kappa shape index (κ1) is 15.2. The molecular formula is C18H18FN3O. The van der Waals surface area contributed by atoms with Crippen LogP contribution in [0.15, 0.2) is 54.7 Å². The van der Waals surface area contributed by atoms with Crippen LogP contribution in [0.3, 0.4) is 0 Å². The Kier molecular flexibility index (Phi) is 4.66. The topological polar surface area (TPSA) is 46.9 Å². The number of nitrogens with zero attached hydrogens (tertiary/aromatic N) is 2. The van der Waals surface area contributed by atoms with E-state index in [1.165, 1.54) is 12.1 Å². The molecule has 23 heavy (non-hydrogen) atoms. The largest absolute Gasteiger partial charge is 0.356 e. The van der Waals surface area contributed by atoms with Gasteiger partial charge in [-0.05, 0) is 30.2 Å². The summed E-state index contributed by atoms with van der Waals surface area (Å²) in [7, 11) is 0. The summed E-state index contributed by atoms with van der Waals surface area (Å²) >= 11 is 0. The van der Waals surface area contributed by atoms with E-state index < -0.39 is 0 Å². The van der Waals surface area contributed by atoms with Crippen molar-refractivity contribution in [1.82, 2.24) is 15.1 Å². The number of carbonyl (C=O) groups excluding carboxylic acids is 1. The minimum Gasteiger partial charge on any atom is -0.356 e. The predicted octanol–water partition coefficient (Wildman–Crippen LogP) is 2.92. The van der Waals surface area contributed by atoms with E-state index in [1.54, 1.807) is 12.3 Å². The number of nitrogens with one attached hydrogen (secondary N) is 1. The molecule has 1 amide bonds. The maximum absolute atomic E-state index is 13.1. The maximum Gasteiger partial charge on any atom is 0.221 e. The Hall–Kier alpha value is -2.69. The van der Waals surface area contributed by atoms with Crippen LogP contribution in [0.2, 0.25) is 0 Å². The van der Waals surface area contributed by atoms with Crippen LogP contribution in [0.5, 0.6) is 0 Å². The average molecular weight is 311 g/mol. The van der Waals surface area contributed by atoms with Crippen molar-refractivity contribution in [3.8, 4) is 0 Å². The summed E-state index contributed by atoms with van der Waals surface area (Å²) in [6, 6.07) is 14.3. The van der Waals surface area contributed by atoms with Crippen LogP contribution in [-0.4, -0.2) is 22.2 Å². The number of carbonyl (C=O) groups is 1. The second-order valence-electron chi connectivity index (χ2n) is 5.41. The molecule has 1 N–H and O–H groups in total. The molecule has 4 nitrogen and oxygen atoms in total. The number of halogens is 1. The fourth-order valence-electron chi connectivity index (χ4n) is 2.54. The molecule has 1 aromatic heterocycles. The molecule has 0 aliphatic heterocycles. The first-order valence-corrected chi connectivity index (χ1v) is 7.64. The smallest absolute Gasteiger partial charge is 0.221 e. The van der Waals surface area contributed by atoms with Crippen molar-refractivity contribution in [2.75, 3.05) is 6.54 Å². The van der Waals surface area contributed by atoms with Crippen LogP contribution < -0.4 is 5.32 Å². The van der Waals surface area contributed by atoms with Crippen LogP contribution in [0, 0.1) is 5.82 Å². The van der Waals surface area contributed by atoms with Crippen molar-refractivity contribution < 1.29 is 9.18 Å². The highest BCUT2D eigenvalue weighted by molar-refractivity contribution is 5.79. The number of hydrogen-bond acceptors (Lipinski definition) is 2. The zero-order valence-electron chi connectivity index (χ0n) is 12.7. The van der Waals surface area contributed by atoms with Crippen molar-refractivity contribution in [3.05, 3.63) is 66.1 Å². The lowest BCUT2D eigenvalue weighted by molar-refractivity contribution is -0.121. The molecule has 0 unspecified atom stereocenters. The van der Waals surface area contributed by atoms with Gasteiger partial charge in [0.25, 0.3) is 0 Å². The van der Waals surface area contributed by atoms with E-state index >= 15 is 0 Å². The van der Waals surface area contributed by atoms with Crippen LogP contribution >= 0.6 is 0 Å². The first-order chi connectivity index (χ1) is 11.2. The van der Waals surface area contributed by atoms with Gasteiger partial charge in [-0.2, -0.15) is 5.10 Å². The predicted molar refractivity (Wildman–Crippen MR) is 87.5 cm³/mol. The SMILES string of the molecule is O=C(CCn1ncc2ccccc21)NCCc1cccc(F)c1. The van der Waals surface area contributed by atoms with Gasteiger partial charge in [0.1, 0.15) is 5.82 Å². The Morgan fingerprint density at radius 1 is 1.17 bits per heavy atom. The van der Waals surface area contributed by atoms with Crippen LogP contribution in [0.4, 0.5) is 4.39 Å². The molecule has 0 radical (unpaired) electrons. The molecule has 2 aromatic carbocycles. The Morgan fingerprint density at radius 3 is 2.91 bits per heavy atom. The van der Waals surface area contributed by atoms with Crippen molar-refractivity contribution in [1.29, 1.82) is 0 Å². The highest BCUT2D eigenvalue weighted by Crippen LogP contribution is 2.12. The number of aromatic nitrogens is 2. The van der Waals surface area contributed by atoms with Gasteiger partial charge in [0, 0.05) is 18.4 Å². The van der Waals surface area contributed by atoms with Crippen LogP contribution in [0.25, 0.3) is 10.9 Å². The van der Waals surface area contributed by atoms with Gasteiger partial charge >= 0.3 is 0 Å². The van der Waals surface area contributed by atoms with Gasteiger partial charge in [0.15, 0.2) is 0 Å². The van der Waals surface area contributed by atoms with Crippen LogP contribution in [0.1, 0.15) is 12.0 Å². The number of rotatable bonds is 6. The molecule has 0 atom stereocenters. The van der Waals surface area contributed by atoms with Gasteiger partial charge in [-0.3, -0.25) is 9.48 Å². The zero-order chi connectivity index (χ0) is 16.1. The molecule has 0 aliphatic rings. The lowest BCUT2D eigenvalue weighted by atomic mass is 10.1. The van der Waals surface area contributed by atoms with Crippen molar-refractivity contribution in [3.63, 3.8) is 0 Å². The number of aryl methyl sites for hydroxylation is 1. The first-order valence-electron chi connectivity index (χ1n) is 7.64. The van der Waals surface area contributed by atoms with E-state index in [4.69, 9.17) is 0 Å². The Morgan fingerprint density at radius 2 is 2.04 bits per heavy atom. The van der Waals surface area contributed by atoms with E-state index in [0.717, 1.165) is 16.5 Å². The molecule has 118 valence electrons. The molecule has 0 spiro atoms. The van der Waals surface area contributed by atoms with E-state index in [0.29, 0.717) is 25.9 Å². The molecule has 0 fully saturated rings. The fourth-order valence-corrected chi connectivity index (χ4v) is 2.54. The van der Waals surface area contributed by atoms with E-state index in [-0.39, 0.29) is 11.7 Å². The number of hydrogen-bond donors (Lipinski definition) is 1. The van der Waals surface area contributed by atoms with Crippen LogP contribution in [-0.2, 0) is 17.8 Å². The van der Waals surface area contributed by atoms with Gasteiger partial charge in [0.2, 0.25) is 5.91 Å². The van der Waals surface area contributed by atoms with Gasteiger partial charge in [-0.1, -0.05) is 30.3 Å². The fraction of sp³-hybridized carbons (Fsp3) is 0.222. The van der Waals surface area contributed by atoms with E-state index in [1.807, 2.05) is 35.0 Å². The van der Waals surface area contributed by atoms with Crippen molar-refractivity contribution >= 4 is 16.8 Å². The molecule has 3 aromatic rings. The van der Waals surface area contributed by atoms with Gasteiger partial charge in [-0.25, -0.2) is 4.39 Å². The summed E-state index contributed by atoms with van der Waals surface area (Å²) in [5.41, 5.74) is 1.91. The third-order valence-electron chi connectivity index (χ3n) is 3.73. The third kappa shape index (κ3) is 3.94. The molecule has 0 saturated carbocycles. The Labute approximate surface area is 133 Å². The minimum absolute atomic E-state index is 0.0269. The number of para-hydroxylation sites is 1. The third-order valence-corrected chi connectivity index (χ3v) is 3.73. The summed E-state index contributed by atoms with van der Waals surface area (Å²) in [5, 5.41) is 8.23. The van der Waals surface area contributed by atoms with Gasteiger partial charge < -0.3 is 5.32 Å². The normalized spacial score (nSPS) is 10.8. The quantitative estimate of drug-likeness (QED) is 0.761. The maximum atomic E-state index is 13.1. The monoisotopic (exact) mass is 311 g/mol. The molecule has 3 rings (SSSR count). The second-order valence-corrected chi connectivity index (χ2v) is 5.41. The number of amides is 1. The molecular weight excluding hydrogens is 293 g/mol. The standard InChI is InChI=1S/C18H18FN3O/c19-16-6-3-4-14(12-16)8-10-20-18(23)9-11-22-17-7-2-1-5-15(17)13-21-22/h1-7,12-13H,8-11H2,(H,20,23). The summed E-state index contributed by atoms with van der Waals surface area (Å²) in [6.45, 7) is 1.04. The van der Waals surface area contributed by atoms with E-state index in [2.05, 4.69) is 10.4 Å². The Bertz CT molecular complexity index is 813. The summed E-state index contributed by atoms with van der Waals surface area (Å²) in [6.07, 6.45) is 2.79. The molecule has 0 bridgehead atoms. The van der Waals surface area contributed by atoms with Crippen molar-refractivity contribution in [2.24, 2.45) is 0 Å². The lowest BCUT2D eigenvalue weighted by Crippen LogP contribution is -2.26.